The van der Waals surface area contributed by atoms with Crippen molar-refractivity contribution < 1.29 is 9.59 Å². The summed E-state index contributed by atoms with van der Waals surface area (Å²) in [5.41, 5.74) is 6.29. The van der Waals surface area contributed by atoms with Gasteiger partial charge >= 0.3 is 0 Å². The molecule has 2 N–H and O–H groups in total. The van der Waals surface area contributed by atoms with E-state index in [1.165, 1.54) is 0 Å². The minimum atomic E-state index is -0.386. The van der Waals surface area contributed by atoms with Crippen molar-refractivity contribution in [1.29, 1.82) is 0 Å². The van der Waals surface area contributed by atoms with Gasteiger partial charge in [0, 0.05) is 23.1 Å². The Hall–Kier alpha value is -1.11. The number of hydrogen-bond acceptors (Lipinski definition) is 2. The molecule has 1 aromatic carbocycles. The number of hydrogen-bond donors (Lipinski definition) is 1. The highest BCUT2D eigenvalue weighted by Gasteiger charge is 2.32. The minimum absolute atomic E-state index is 0.00681. The molecule has 1 aliphatic rings. The number of nitrogens with zero attached hydrogens (tertiary/aromatic N) is 1. The molecule has 90 valence electrons. The van der Waals surface area contributed by atoms with Crippen LogP contribution in [-0.4, -0.2) is 23.3 Å². The summed E-state index contributed by atoms with van der Waals surface area (Å²) in [6, 6.07) is 7.99. The van der Waals surface area contributed by atoms with Gasteiger partial charge in [0.15, 0.2) is 0 Å². The van der Waals surface area contributed by atoms with E-state index >= 15 is 0 Å². The van der Waals surface area contributed by atoms with E-state index in [9.17, 15) is 9.59 Å². The summed E-state index contributed by atoms with van der Waals surface area (Å²) in [7, 11) is 0. The molecule has 4 nitrogen and oxygen atoms in total. The topological polar surface area (TPSA) is 63.4 Å². The fourth-order valence-corrected chi connectivity index (χ4v) is 2.29. The lowest BCUT2D eigenvalue weighted by Gasteiger charge is -2.16. The summed E-state index contributed by atoms with van der Waals surface area (Å²) in [5, 5.41) is 0. The maximum Gasteiger partial charge on any atom is 0.223 e. The smallest absolute Gasteiger partial charge is 0.223 e. The summed E-state index contributed by atoms with van der Waals surface area (Å²) < 4.78 is 1.16. The SMILES string of the molecule is NC(=O)C1CC(=O)N(Cc2ccc(I)cc2)C1. The van der Waals surface area contributed by atoms with Gasteiger partial charge in [-0.25, -0.2) is 0 Å². The van der Waals surface area contributed by atoms with Crippen LogP contribution < -0.4 is 5.73 Å². The van der Waals surface area contributed by atoms with Gasteiger partial charge in [-0.05, 0) is 40.3 Å². The van der Waals surface area contributed by atoms with Crippen LogP contribution >= 0.6 is 22.6 Å². The number of carbonyl (C=O) groups excluding carboxylic acids is 2. The molecule has 2 rings (SSSR count). The van der Waals surface area contributed by atoms with Crippen molar-refractivity contribution in [3.63, 3.8) is 0 Å². The van der Waals surface area contributed by atoms with E-state index in [0.29, 0.717) is 13.1 Å². The zero-order chi connectivity index (χ0) is 12.4. The first-order chi connectivity index (χ1) is 8.06. The standard InChI is InChI=1S/C12H13IN2O2/c13-10-3-1-8(2-4-10)6-15-7-9(12(14)17)5-11(15)16/h1-4,9H,5-7H2,(H2,14,17). The van der Waals surface area contributed by atoms with E-state index < -0.39 is 0 Å². The highest BCUT2D eigenvalue weighted by Crippen LogP contribution is 2.20. The first-order valence-electron chi connectivity index (χ1n) is 5.38. The van der Waals surface area contributed by atoms with E-state index in [1.807, 2.05) is 24.3 Å². The van der Waals surface area contributed by atoms with Crippen molar-refractivity contribution in [3.05, 3.63) is 33.4 Å². The van der Waals surface area contributed by atoms with Crippen LogP contribution in [0.2, 0.25) is 0 Å². The Labute approximate surface area is 113 Å². The molecule has 0 saturated carbocycles. The molecule has 0 bridgehead atoms. The molecule has 2 amide bonds. The number of amides is 2. The molecule has 1 aromatic rings. The van der Waals surface area contributed by atoms with Gasteiger partial charge in [0.1, 0.15) is 0 Å². The monoisotopic (exact) mass is 344 g/mol. The maximum absolute atomic E-state index is 11.7. The van der Waals surface area contributed by atoms with E-state index in [4.69, 9.17) is 5.73 Å². The first-order valence-corrected chi connectivity index (χ1v) is 6.45. The van der Waals surface area contributed by atoms with Gasteiger partial charge in [0.25, 0.3) is 0 Å². The molecule has 0 radical (unpaired) electrons. The molecular formula is C12H13IN2O2. The maximum atomic E-state index is 11.7. The number of primary amides is 1. The van der Waals surface area contributed by atoms with Crippen molar-refractivity contribution in [2.75, 3.05) is 6.54 Å². The molecule has 0 aliphatic carbocycles. The average molecular weight is 344 g/mol. The zero-order valence-electron chi connectivity index (χ0n) is 9.23. The van der Waals surface area contributed by atoms with Gasteiger partial charge in [-0.15, -0.1) is 0 Å². The van der Waals surface area contributed by atoms with Gasteiger partial charge in [-0.3, -0.25) is 9.59 Å². The number of carbonyl (C=O) groups is 2. The first kappa shape index (κ1) is 12.3. The number of nitrogens with two attached hydrogens (primary N) is 1. The van der Waals surface area contributed by atoms with Crippen molar-refractivity contribution in [2.45, 2.75) is 13.0 Å². The van der Waals surface area contributed by atoms with Crippen LogP contribution in [0.4, 0.5) is 0 Å². The Bertz CT molecular complexity index is 444. The second-order valence-corrected chi connectivity index (χ2v) is 5.45. The van der Waals surface area contributed by atoms with Crippen LogP contribution in [0.15, 0.2) is 24.3 Å². The number of benzene rings is 1. The molecular weight excluding hydrogens is 331 g/mol. The molecule has 1 heterocycles. The fourth-order valence-electron chi connectivity index (χ4n) is 1.93. The van der Waals surface area contributed by atoms with Gasteiger partial charge in [-0.2, -0.15) is 0 Å². The molecule has 1 aliphatic heterocycles. The van der Waals surface area contributed by atoms with Crippen LogP contribution in [0.1, 0.15) is 12.0 Å². The molecule has 1 fully saturated rings. The Balaban J connectivity index is 2.02. The number of likely N-dealkylation sites (tertiary alicyclic amines) is 1. The Morgan fingerprint density at radius 3 is 2.59 bits per heavy atom. The molecule has 1 atom stereocenters. The second-order valence-electron chi connectivity index (χ2n) is 4.20. The lowest BCUT2D eigenvalue weighted by atomic mass is 10.1. The molecule has 1 saturated heterocycles. The van der Waals surface area contributed by atoms with Crippen LogP contribution in [0.25, 0.3) is 0 Å². The predicted molar refractivity (Wildman–Crippen MR) is 71.9 cm³/mol. The molecule has 5 heteroatoms. The Morgan fingerprint density at radius 1 is 1.41 bits per heavy atom. The van der Waals surface area contributed by atoms with Crippen molar-refractivity contribution in [2.24, 2.45) is 11.7 Å². The fraction of sp³-hybridized carbons (Fsp3) is 0.333. The van der Waals surface area contributed by atoms with Gasteiger partial charge in [0.05, 0.1) is 5.92 Å². The van der Waals surface area contributed by atoms with Crippen molar-refractivity contribution in [1.82, 2.24) is 4.90 Å². The third-order valence-corrected chi connectivity index (χ3v) is 3.62. The lowest BCUT2D eigenvalue weighted by molar-refractivity contribution is -0.128. The molecule has 0 aromatic heterocycles. The van der Waals surface area contributed by atoms with Gasteiger partial charge < -0.3 is 10.6 Å². The molecule has 17 heavy (non-hydrogen) atoms. The quantitative estimate of drug-likeness (QED) is 0.836. The normalized spacial score (nSPS) is 19.7. The van der Waals surface area contributed by atoms with Gasteiger partial charge in [-0.1, -0.05) is 12.1 Å². The average Bonchev–Trinajstić information content (AvgIpc) is 2.64. The van der Waals surface area contributed by atoms with E-state index in [1.54, 1.807) is 4.90 Å². The minimum Gasteiger partial charge on any atom is -0.369 e. The van der Waals surface area contributed by atoms with E-state index in [2.05, 4.69) is 22.6 Å². The Morgan fingerprint density at radius 2 is 2.06 bits per heavy atom. The third kappa shape index (κ3) is 2.96. The van der Waals surface area contributed by atoms with Crippen LogP contribution in [0.5, 0.6) is 0 Å². The number of rotatable bonds is 3. The number of halogens is 1. The highest BCUT2D eigenvalue weighted by molar-refractivity contribution is 14.1. The predicted octanol–water partition coefficient (Wildman–Crippen LogP) is 1.12. The van der Waals surface area contributed by atoms with Crippen LogP contribution in [-0.2, 0) is 16.1 Å². The summed E-state index contributed by atoms with van der Waals surface area (Å²) in [6.07, 6.45) is 0.250. The Kier molecular flexibility index (Phi) is 3.66. The summed E-state index contributed by atoms with van der Waals surface area (Å²) in [5.74, 6) is -0.706. The van der Waals surface area contributed by atoms with Crippen LogP contribution in [0.3, 0.4) is 0 Å². The van der Waals surface area contributed by atoms with Gasteiger partial charge in [0.2, 0.25) is 11.8 Å². The summed E-state index contributed by atoms with van der Waals surface area (Å²) in [6.45, 7) is 1.000. The second kappa shape index (κ2) is 5.03. The lowest BCUT2D eigenvalue weighted by Crippen LogP contribution is -2.28. The molecule has 1 unspecified atom stereocenters. The van der Waals surface area contributed by atoms with E-state index in [0.717, 1.165) is 9.13 Å². The van der Waals surface area contributed by atoms with Crippen LogP contribution in [0, 0.1) is 9.49 Å². The van der Waals surface area contributed by atoms with Crippen molar-refractivity contribution >= 4 is 34.4 Å². The largest absolute Gasteiger partial charge is 0.369 e. The van der Waals surface area contributed by atoms with E-state index in [-0.39, 0.29) is 24.2 Å². The summed E-state index contributed by atoms with van der Waals surface area (Å²) >= 11 is 2.24. The summed E-state index contributed by atoms with van der Waals surface area (Å²) in [4.78, 5) is 24.4. The zero-order valence-corrected chi connectivity index (χ0v) is 11.4. The molecule has 0 spiro atoms. The highest BCUT2D eigenvalue weighted by atomic mass is 127. The third-order valence-electron chi connectivity index (χ3n) is 2.90. The van der Waals surface area contributed by atoms with Crippen molar-refractivity contribution in [3.8, 4) is 0 Å².